The molecule has 2 saturated carbocycles. The van der Waals surface area contributed by atoms with E-state index < -0.39 is 5.54 Å². The Balaban J connectivity index is 1.59. The summed E-state index contributed by atoms with van der Waals surface area (Å²) in [4.78, 5) is 17.2. The summed E-state index contributed by atoms with van der Waals surface area (Å²) in [6.45, 7) is 7.58. The molecule has 0 aromatic carbocycles. The minimum Gasteiger partial charge on any atom is -0.368 e. The van der Waals surface area contributed by atoms with E-state index in [0.29, 0.717) is 6.04 Å². The molecule has 2 aliphatic carbocycles. The smallest absolute Gasteiger partial charge is 0.237 e. The van der Waals surface area contributed by atoms with Gasteiger partial charge in [-0.2, -0.15) is 0 Å². The van der Waals surface area contributed by atoms with Crippen molar-refractivity contribution < 1.29 is 4.79 Å². The minimum atomic E-state index is -0.467. The Bertz CT molecular complexity index is 372. The molecule has 1 saturated heterocycles. The quantitative estimate of drug-likeness (QED) is 0.777. The number of nitrogens with two attached hydrogens (primary N) is 1. The fourth-order valence-electron chi connectivity index (χ4n) is 4.27. The average Bonchev–Trinajstić information content (AvgIpc) is 3.32. The summed E-state index contributed by atoms with van der Waals surface area (Å²) in [5.74, 6) is -0.161. The second kappa shape index (κ2) is 6.23. The molecule has 1 aliphatic heterocycles. The monoisotopic (exact) mass is 294 g/mol. The van der Waals surface area contributed by atoms with Gasteiger partial charge in [-0.05, 0) is 45.1 Å². The Labute approximate surface area is 128 Å². The largest absolute Gasteiger partial charge is 0.368 e. The van der Waals surface area contributed by atoms with E-state index in [0.717, 1.165) is 44.9 Å². The predicted octanol–water partition coefficient (Wildman–Crippen LogP) is 0.543. The predicted molar refractivity (Wildman–Crippen MR) is 84.0 cm³/mol. The Morgan fingerprint density at radius 3 is 2.29 bits per heavy atom. The first-order chi connectivity index (χ1) is 10.1. The molecule has 2 atom stereocenters. The summed E-state index contributed by atoms with van der Waals surface area (Å²) >= 11 is 0. The van der Waals surface area contributed by atoms with E-state index >= 15 is 0 Å². The molecule has 3 N–H and O–H groups in total. The van der Waals surface area contributed by atoms with E-state index in [-0.39, 0.29) is 5.91 Å². The first-order valence-corrected chi connectivity index (χ1v) is 8.67. The maximum atomic E-state index is 12.0. The van der Waals surface area contributed by atoms with Crippen LogP contribution in [0.25, 0.3) is 0 Å². The second-order valence-electron chi connectivity index (χ2n) is 7.03. The molecule has 5 heteroatoms. The van der Waals surface area contributed by atoms with E-state index in [4.69, 9.17) is 5.73 Å². The fraction of sp³-hybridized carbons (Fsp3) is 0.938. The van der Waals surface area contributed by atoms with Gasteiger partial charge in [-0.1, -0.05) is 6.92 Å². The minimum absolute atomic E-state index is 0.161. The summed E-state index contributed by atoms with van der Waals surface area (Å²) in [6.07, 6.45) is 6.89. The van der Waals surface area contributed by atoms with Crippen molar-refractivity contribution in [1.29, 1.82) is 0 Å². The third-order valence-electron chi connectivity index (χ3n) is 5.64. The highest BCUT2D eigenvalue weighted by Gasteiger charge is 2.43. The molecule has 3 rings (SSSR count). The Kier molecular flexibility index (Phi) is 4.52. The van der Waals surface area contributed by atoms with Gasteiger partial charge in [-0.3, -0.25) is 14.6 Å². The number of amides is 1. The topological polar surface area (TPSA) is 61.6 Å². The third-order valence-corrected chi connectivity index (χ3v) is 5.64. The van der Waals surface area contributed by atoms with Crippen LogP contribution in [0, 0.1) is 0 Å². The van der Waals surface area contributed by atoms with Crippen molar-refractivity contribution in [2.24, 2.45) is 5.73 Å². The van der Waals surface area contributed by atoms with E-state index in [1.165, 1.54) is 32.4 Å². The highest BCUT2D eigenvalue weighted by Crippen LogP contribution is 2.33. The van der Waals surface area contributed by atoms with Crippen LogP contribution in [0.3, 0.4) is 0 Å². The first kappa shape index (κ1) is 15.3. The molecule has 0 aromatic heterocycles. The molecule has 2 unspecified atom stereocenters. The standard InChI is InChI=1S/C16H30N4O/c1-2-18-16(15(17)21)7-3-4-14(12-16)20-10-8-19(9-11-20)13-5-6-13/h13-14,18H,2-12H2,1H3,(H2,17,21). The summed E-state index contributed by atoms with van der Waals surface area (Å²) in [5.41, 5.74) is 5.25. The van der Waals surface area contributed by atoms with Crippen molar-refractivity contribution in [2.45, 2.75) is 63.1 Å². The summed E-state index contributed by atoms with van der Waals surface area (Å²) < 4.78 is 0. The molecule has 0 radical (unpaired) electrons. The highest BCUT2D eigenvalue weighted by atomic mass is 16.1. The maximum Gasteiger partial charge on any atom is 0.237 e. The van der Waals surface area contributed by atoms with E-state index in [9.17, 15) is 4.79 Å². The molecular formula is C16H30N4O. The molecular weight excluding hydrogens is 264 g/mol. The van der Waals surface area contributed by atoms with Crippen molar-refractivity contribution in [3.8, 4) is 0 Å². The van der Waals surface area contributed by atoms with Gasteiger partial charge < -0.3 is 11.1 Å². The highest BCUT2D eigenvalue weighted by molar-refractivity contribution is 5.84. The molecule has 0 spiro atoms. The molecule has 5 nitrogen and oxygen atoms in total. The molecule has 120 valence electrons. The zero-order chi connectivity index (χ0) is 14.9. The number of carbonyl (C=O) groups excluding carboxylic acids is 1. The fourth-order valence-corrected chi connectivity index (χ4v) is 4.27. The van der Waals surface area contributed by atoms with Crippen LogP contribution in [0.5, 0.6) is 0 Å². The number of nitrogens with one attached hydrogen (secondary N) is 1. The lowest BCUT2D eigenvalue weighted by Crippen LogP contribution is -2.62. The van der Waals surface area contributed by atoms with E-state index in [1.54, 1.807) is 0 Å². The van der Waals surface area contributed by atoms with Gasteiger partial charge in [0.1, 0.15) is 0 Å². The number of rotatable bonds is 5. The number of nitrogens with zero attached hydrogens (tertiary/aromatic N) is 2. The number of piperazine rings is 1. The van der Waals surface area contributed by atoms with Gasteiger partial charge in [-0.25, -0.2) is 0 Å². The average molecular weight is 294 g/mol. The number of likely N-dealkylation sites (N-methyl/N-ethyl adjacent to an activating group) is 1. The van der Waals surface area contributed by atoms with E-state index in [1.807, 2.05) is 0 Å². The summed E-state index contributed by atoms with van der Waals surface area (Å²) in [7, 11) is 0. The molecule has 0 bridgehead atoms. The first-order valence-electron chi connectivity index (χ1n) is 8.67. The normalized spacial score (nSPS) is 35.8. The van der Waals surface area contributed by atoms with Crippen molar-refractivity contribution in [3.05, 3.63) is 0 Å². The third kappa shape index (κ3) is 3.25. The molecule has 1 heterocycles. The lowest BCUT2D eigenvalue weighted by Gasteiger charge is -2.46. The molecule has 21 heavy (non-hydrogen) atoms. The summed E-state index contributed by atoms with van der Waals surface area (Å²) in [5, 5.41) is 3.39. The SMILES string of the molecule is CCNC1(C(N)=O)CCCC(N2CCN(C3CC3)CC2)C1. The van der Waals surface area contributed by atoms with Gasteiger partial charge in [-0.15, -0.1) is 0 Å². The van der Waals surface area contributed by atoms with Gasteiger partial charge >= 0.3 is 0 Å². The van der Waals surface area contributed by atoms with Crippen LogP contribution in [0.15, 0.2) is 0 Å². The van der Waals surface area contributed by atoms with Crippen molar-refractivity contribution in [3.63, 3.8) is 0 Å². The van der Waals surface area contributed by atoms with Crippen LogP contribution < -0.4 is 11.1 Å². The summed E-state index contributed by atoms with van der Waals surface area (Å²) in [6, 6.07) is 1.40. The van der Waals surface area contributed by atoms with Crippen molar-refractivity contribution in [2.75, 3.05) is 32.7 Å². The van der Waals surface area contributed by atoms with E-state index in [2.05, 4.69) is 22.0 Å². The van der Waals surface area contributed by atoms with Crippen LogP contribution in [0.1, 0.15) is 45.4 Å². The molecule has 3 fully saturated rings. The van der Waals surface area contributed by atoms with Crippen LogP contribution in [-0.4, -0.2) is 66.1 Å². The Hall–Kier alpha value is -0.650. The number of primary amides is 1. The zero-order valence-electron chi connectivity index (χ0n) is 13.3. The van der Waals surface area contributed by atoms with Crippen LogP contribution in [0.4, 0.5) is 0 Å². The van der Waals surface area contributed by atoms with Crippen LogP contribution in [0.2, 0.25) is 0 Å². The van der Waals surface area contributed by atoms with Gasteiger partial charge in [0.25, 0.3) is 0 Å². The Morgan fingerprint density at radius 2 is 1.76 bits per heavy atom. The second-order valence-corrected chi connectivity index (χ2v) is 7.03. The maximum absolute atomic E-state index is 12.0. The Morgan fingerprint density at radius 1 is 1.14 bits per heavy atom. The van der Waals surface area contributed by atoms with Crippen molar-refractivity contribution in [1.82, 2.24) is 15.1 Å². The zero-order valence-corrected chi connectivity index (χ0v) is 13.3. The van der Waals surface area contributed by atoms with Crippen molar-refractivity contribution >= 4 is 5.91 Å². The molecule has 0 aromatic rings. The van der Waals surface area contributed by atoms with Gasteiger partial charge in [0.15, 0.2) is 0 Å². The van der Waals surface area contributed by atoms with Gasteiger partial charge in [0.2, 0.25) is 5.91 Å². The van der Waals surface area contributed by atoms with Crippen LogP contribution >= 0.6 is 0 Å². The number of carbonyl (C=O) groups is 1. The molecule has 1 amide bonds. The lowest BCUT2D eigenvalue weighted by atomic mass is 9.77. The van der Waals surface area contributed by atoms with Gasteiger partial charge in [0, 0.05) is 38.3 Å². The van der Waals surface area contributed by atoms with Crippen LogP contribution in [-0.2, 0) is 4.79 Å². The number of hydrogen-bond donors (Lipinski definition) is 2. The number of hydrogen-bond acceptors (Lipinski definition) is 4. The lowest BCUT2D eigenvalue weighted by molar-refractivity contribution is -0.126. The molecule has 3 aliphatic rings. The van der Waals surface area contributed by atoms with Gasteiger partial charge in [0.05, 0.1) is 5.54 Å².